The van der Waals surface area contributed by atoms with E-state index in [1.165, 1.54) is 27.7 Å². The molecule has 1 saturated heterocycles. The Kier molecular flexibility index (Phi) is 4.09. The third kappa shape index (κ3) is 2.48. The van der Waals surface area contributed by atoms with E-state index in [4.69, 9.17) is 0 Å². The third-order valence-electron chi connectivity index (χ3n) is 7.83. The Morgan fingerprint density at radius 2 is 1.74 bits per heavy atom. The number of hydrogen-bond acceptors (Lipinski definition) is 2. The SMILES string of the molecule is Cc1ccc(S(=O)(=O)N2CCC[C@]34CCCC=C3c3c(n(C)c5ccccc35)[C@H]24)cc1. The van der Waals surface area contributed by atoms with Gasteiger partial charge in [0.05, 0.1) is 10.9 Å². The molecule has 2 aromatic carbocycles. The number of piperidine rings is 1. The zero-order valence-corrected chi connectivity index (χ0v) is 19.0. The highest BCUT2D eigenvalue weighted by Crippen LogP contribution is 2.66. The second kappa shape index (κ2) is 6.57. The molecule has 1 fully saturated rings. The van der Waals surface area contributed by atoms with Crippen LogP contribution >= 0.6 is 0 Å². The van der Waals surface area contributed by atoms with E-state index in [2.05, 4.69) is 42.0 Å². The van der Waals surface area contributed by atoms with E-state index in [1.54, 1.807) is 12.1 Å². The molecule has 160 valence electrons. The molecule has 1 aliphatic heterocycles. The lowest BCUT2D eigenvalue weighted by Gasteiger charge is -2.48. The molecular formula is C26H28N2O2S. The van der Waals surface area contributed by atoms with Gasteiger partial charge >= 0.3 is 0 Å². The van der Waals surface area contributed by atoms with Gasteiger partial charge in [0.25, 0.3) is 0 Å². The van der Waals surface area contributed by atoms with Crippen LogP contribution in [0, 0.1) is 12.3 Å². The first-order valence-electron chi connectivity index (χ1n) is 11.3. The normalized spacial score (nSPS) is 25.7. The average molecular weight is 433 g/mol. The van der Waals surface area contributed by atoms with Crippen LogP contribution in [-0.2, 0) is 17.1 Å². The smallest absolute Gasteiger partial charge is 0.243 e. The molecule has 0 unspecified atom stereocenters. The molecule has 3 aromatic rings. The van der Waals surface area contributed by atoms with Gasteiger partial charge in [-0.2, -0.15) is 4.31 Å². The number of allylic oxidation sites excluding steroid dienone is 1. The van der Waals surface area contributed by atoms with Crippen molar-refractivity contribution in [2.75, 3.05) is 6.54 Å². The lowest BCUT2D eigenvalue weighted by atomic mass is 9.66. The van der Waals surface area contributed by atoms with Crippen molar-refractivity contribution >= 4 is 26.5 Å². The molecule has 2 atom stereocenters. The summed E-state index contributed by atoms with van der Waals surface area (Å²) in [5.74, 6) is 0. The van der Waals surface area contributed by atoms with Gasteiger partial charge in [-0.05, 0) is 62.8 Å². The molecule has 0 amide bonds. The van der Waals surface area contributed by atoms with Gasteiger partial charge in [-0.15, -0.1) is 0 Å². The van der Waals surface area contributed by atoms with E-state index in [0.29, 0.717) is 11.4 Å². The standard InChI is InChI=1S/C26H28N2O2S/c1-18-11-13-19(14-12-18)31(29,30)28-17-7-16-26-15-6-5-9-21(26)23-20-8-3-4-10-22(20)27(2)24(23)25(26)28/h3-4,8-14,25H,5-7,15-17H2,1-2H3/t25-,26+/m0/s1. The van der Waals surface area contributed by atoms with Gasteiger partial charge < -0.3 is 4.57 Å². The highest BCUT2D eigenvalue weighted by Gasteiger charge is 2.58. The van der Waals surface area contributed by atoms with E-state index in [-0.39, 0.29) is 11.5 Å². The first-order valence-corrected chi connectivity index (χ1v) is 12.8. The summed E-state index contributed by atoms with van der Waals surface area (Å²) in [7, 11) is -1.48. The Hall–Kier alpha value is -2.37. The molecule has 4 nitrogen and oxygen atoms in total. The van der Waals surface area contributed by atoms with Crippen LogP contribution in [0.4, 0.5) is 0 Å². The van der Waals surface area contributed by atoms with Crippen LogP contribution in [0.3, 0.4) is 0 Å². The lowest BCUT2D eigenvalue weighted by molar-refractivity contribution is 0.110. The highest BCUT2D eigenvalue weighted by molar-refractivity contribution is 7.89. The van der Waals surface area contributed by atoms with Crippen LogP contribution in [0.2, 0.25) is 0 Å². The molecule has 0 N–H and O–H groups in total. The van der Waals surface area contributed by atoms with Gasteiger partial charge in [0, 0.05) is 41.2 Å². The summed E-state index contributed by atoms with van der Waals surface area (Å²) in [6.45, 7) is 2.57. The third-order valence-corrected chi connectivity index (χ3v) is 9.71. The summed E-state index contributed by atoms with van der Waals surface area (Å²) in [6.07, 6.45) is 7.65. The number of benzene rings is 2. The first kappa shape index (κ1) is 19.3. The quantitative estimate of drug-likeness (QED) is 0.530. The van der Waals surface area contributed by atoms with Crippen LogP contribution in [0.25, 0.3) is 16.5 Å². The highest BCUT2D eigenvalue weighted by atomic mass is 32.2. The number of sulfonamides is 1. The maximum atomic E-state index is 13.9. The summed E-state index contributed by atoms with van der Waals surface area (Å²) >= 11 is 0. The Bertz CT molecular complexity index is 1330. The van der Waals surface area contributed by atoms with E-state index in [1.807, 2.05) is 23.4 Å². The zero-order chi connectivity index (χ0) is 21.4. The van der Waals surface area contributed by atoms with Crippen molar-refractivity contribution in [1.29, 1.82) is 0 Å². The minimum Gasteiger partial charge on any atom is -0.346 e. The lowest BCUT2D eigenvalue weighted by Crippen LogP contribution is -2.47. The van der Waals surface area contributed by atoms with Crippen molar-refractivity contribution in [1.82, 2.24) is 8.87 Å². The van der Waals surface area contributed by atoms with Gasteiger partial charge in [0.1, 0.15) is 0 Å². The summed E-state index contributed by atoms with van der Waals surface area (Å²) in [6, 6.07) is 15.7. The topological polar surface area (TPSA) is 42.3 Å². The molecule has 0 radical (unpaired) electrons. The monoisotopic (exact) mass is 432 g/mol. The number of hydrogen-bond donors (Lipinski definition) is 0. The number of aromatic nitrogens is 1. The molecule has 0 bridgehead atoms. The van der Waals surface area contributed by atoms with Crippen LogP contribution in [-0.4, -0.2) is 23.8 Å². The van der Waals surface area contributed by atoms with Crippen molar-refractivity contribution in [3.05, 3.63) is 71.4 Å². The minimum atomic E-state index is -3.59. The molecule has 5 heteroatoms. The summed E-state index contributed by atoms with van der Waals surface area (Å²) < 4.78 is 32.0. The molecule has 2 heterocycles. The van der Waals surface area contributed by atoms with Crippen LogP contribution in [0.1, 0.15) is 55.0 Å². The molecule has 1 aromatic heterocycles. The number of para-hydroxylation sites is 1. The predicted molar refractivity (Wildman–Crippen MR) is 124 cm³/mol. The van der Waals surface area contributed by atoms with Crippen molar-refractivity contribution in [3.63, 3.8) is 0 Å². The van der Waals surface area contributed by atoms with Gasteiger partial charge in [-0.3, -0.25) is 0 Å². The Labute approximate surface area is 184 Å². The Balaban J connectivity index is 1.62. The molecule has 6 rings (SSSR count). The van der Waals surface area contributed by atoms with Crippen LogP contribution < -0.4 is 0 Å². The molecular weight excluding hydrogens is 404 g/mol. The van der Waals surface area contributed by atoms with Crippen LogP contribution in [0.15, 0.2) is 59.5 Å². The van der Waals surface area contributed by atoms with Crippen molar-refractivity contribution < 1.29 is 8.42 Å². The van der Waals surface area contributed by atoms with Crippen molar-refractivity contribution in [2.45, 2.75) is 50.0 Å². The molecule has 1 spiro atoms. The van der Waals surface area contributed by atoms with Gasteiger partial charge in [-0.1, -0.05) is 42.0 Å². The minimum absolute atomic E-state index is 0.0965. The summed E-state index contributed by atoms with van der Waals surface area (Å²) in [5.41, 5.74) is 6.05. The zero-order valence-electron chi connectivity index (χ0n) is 18.1. The first-order chi connectivity index (χ1) is 14.9. The van der Waals surface area contributed by atoms with Gasteiger partial charge in [0.2, 0.25) is 10.0 Å². The fourth-order valence-electron chi connectivity index (χ4n) is 6.51. The van der Waals surface area contributed by atoms with E-state index in [9.17, 15) is 8.42 Å². The Morgan fingerprint density at radius 3 is 2.55 bits per heavy atom. The number of nitrogens with zero attached hydrogens (tertiary/aromatic N) is 2. The number of aryl methyl sites for hydroxylation is 2. The second-order valence-corrected chi connectivity index (χ2v) is 11.3. The molecule has 0 saturated carbocycles. The van der Waals surface area contributed by atoms with Crippen molar-refractivity contribution in [3.8, 4) is 0 Å². The number of rotatable bonds is 2. The maximum Gasteiger partial charge on any atom is 0.243 e. The van der Waals surface area contributed by atoms with Crippen molar-refractivity contribution in [2.24, 2.45) is 12.5 Å². The average Bonchev–Trinajstić information content (AvgIpc) is 3.24. The van der Waals surface area contributed by atoms with E-state index in [0.717, 1.165) is 37.7 Å². The van der Waals surface area contributed by atoms with Gasteiger partial charge in [0.15, 0.2) is 0 Å². The molecule has 2 aliphatic carbocycles. The van der Waals surface area contributed by atoms with E-state index < -0.39 is 10.0 Å². The predicted octanol–water partition coefficient (Wildman–Crippen LogP) is 5.58. The van der Waals surface area contributed by atoms with Crippen LogP contribution in [0.5, 0.6) is 0 Å². The number of fused-ring (bicyclic) bond motifs is 5. The fraction of sp³-hybridized carbons (Fsp3) is 0.385. The largest absolute Gasteiger partial charge is 0.346 e. The maximum absolute atomic E-state index is 13.9. The molecule has 31 heavy (non-hydrogen) atoms. The summed E-state index contributed by atoms with van der Waals surface area (Å²) in [5, 5.41) is 1.26. The second-order valence-electron chi connectivity index (χ2n) is 9.44. The fourth-order valence-corrected chi connectivity index (χ4v) is 8.21. The van der Waals surface area contributed by atoms with Gasteiger partial charge in [-0.25, -0.2) is 8.42 Å². The summed E-state index contributed by atoms with van der Waals surface area (Å²) in [4.78, 5) is 0.406. The Morgan fingerprint density at radius 1 is 1.00 bits per heavy atom. The molecule has 3 aliphatic rings. The van der Waals surface area contributed by atoms with E-state index >= 15 is 0 Å².